The molecule has 32 heavy (non-hydrogen) atoms. The summed E-state index contributed by atoms with van der Waals surface area (Å²) in [7, 11) is 0. The topological polar surface area (TPSA) is 70.7 Å². The highest BCUT2D eigenvalue weighted by molar-refractivity contribution is 7.17. The van der Waals surface area contributed by atoms with E-state index in [2.05, 4.69) is 22.5 Å². The van der Waals surface area contributed by atoms with Crippen LogP contribution in [0.2, 0.25) is 0 Å². The molecule has 1 aromatic carbocycles. The quantitative estimate of drug-likeness (QED) is 0.620. The standard InChI is InChI=1S/C25H33N3O3S/c1-3-31-19-10-8-18(9-11-19)26-24(30)23-20-12-7-17(2)15-21(20)32-25(23)27-22(29)16-28-13-5-4-6-14-28/h8-11,17H,3-7,12-16H2,1-2H3,(H,26,30)(H,27,29)/t17-/m0/s1. The lowest BCUT2D eigenvalue weighted by atomic mass is 9.88. The van der Waals surface area contributed by atoms with Crippen molar-refractivity contribution < 1.29 is 14.3 Å². The lowest BCUT2D eigenvalue weighted by Crippen LogP contribution is -2.37. The molecule has 2 aromatic rings. The Hall–Kier alpha value is -2.38. The molecule has 172 valence electrons. The highest BCUT2D eigenvalue weighted by atomic mass is 32.1. The Morgan fingerprint density at radius 3 is 2.59 bits per heavy atom. The van der Waals surface area contributed by atoms with Crippen LogP contribution in [0, 0.1) is 5.92 Å². The second-order valence-electron chi connectivity index (χ2n) is 8.85. The fourth-order valence-electron chi connectivity index (χ4n) is 4.56. The lowest BCUT2D eigenvalue weighted by molar-refractivity contribution is -0.117. The van der Waals surface area contributed by atoms with E-state index in [-0.39, 0.29) is 11.8 Å². The van der Waals surface area contributed by atoms with Gasteiger partial charge in [-0.05, 0) is 87.9 Å². The SMILES string of the molecule is CCOc1ccc(NC(=O)c2c(NC(=O)CN3CCCCC3)sc3c2CC[C@H](C)C3)cc1. The summed E-state index contributed by atoms with van der Waals surface area (Å²) in [6.45, 7) is 7.12. The summed E-state index contributed by atoms with van der Waals surface area (Å²) in [6.07, 6.45) is 6.44. The Morgan fingerprint density at radius 2 is 1.88 bits per heavy atom. The summed E-state index contributed by atoms with van der Waals surface area (Å²) in [5.41, 5.74) is 2.45. The maximum atomic E-state index is 13.3. The molecule has 1 fully saturated rings. The Kier molecular flexibility index (Phi) is 7.48. The van der Waals surface area contributed by atoms with Crippen molar-refractivity contribution >= 4 is 33.8 Å². The van der Waals surface area contributed by atoms with E-state index >= 15 is 0 Å². The van der Waals surface area contributed by atoms with Crippen molar-refractivity contribution in [3.63, 3.8) is 0 Å². The minimum atomic E-state index is -0.158. The van der Waals surface area contributed by atoms with Gasteiger partial charge in [0.15, 0.2) is 0 Å². The van der Waals surface area contributed by atoms with Crippen molar-refractivity contribution in [3.8, 4) is 5.75 Å². The molecule has 1 saturated heterocycles. The van der Waals surface area contributed by atoms with Crippen LogP contribution in [0.5, 0.6) is 5.75 Å². The number of anilines is 2. The summed E-state index contributed by atoms with van der Waals surface area (Å²) < 4.78 is 5.49. The average Bonchev–Trinajstić information content (AvgIpc) is 3.12. The smallest absolute Gasteiger partial charge is 0.258 e. The Labute approximate surface area is 194 Å². The van der Waals surface area contributed by atoms with Gasteiger partial charge >= 0.3 is 0 Å². The summed E-state index contributed by atoms with van der Waals surface area (Å²) in [6, 6.07) is 7.40. The molecule has 1 aromatic heterocycles. The summed E-state index contributed by atoms with van der Waals surface area (Å²) in [4.78, 5) is 29.6. The predicted octanol–water partition coefficient (Wildman–Crippen LogP) is 4.95. The molecular weight excluding hydrogens is 422 g/mol. The van der Waals surface area contributed by atoms with Crippen LogP contribution < -0.4 is 15.4 Å². The van der Waals surface area contributed by atoms with E-state index in [1.54, 1.807) is 11.3 Å². The van der Waals surface area contributed by atoms with E-state index in [0.29, 0.717) is 35.3 Å². The van der Waals surface area contributed by atoms with E-state index in [0.717, 1.165) is 56.5 Å². The zero-order valence-electron chi connectivity index (χ0n) is 19.0. The van der Waals surface area contributed by atoms with Gasteiger partial charge in [-0.25, -0.2) is 0 Å². The number of benzene rings is 1. The summed E-state index contributed by atoms with van der Waals surface area (Å²) in [5, 5.41) is 6.79. The number of nitrogens with one attached hydrogen (secondary N) is 2. The third-order valence-corrected chi connectivity index (χ3v) is 7.40. The molecule has 0 spiro atoms. The first kappa shape index (κ1) is 22.8. The fraction of sp³-hybridized carbons (Fsp3) is 0.520. The monoisotopic (exact) mass is 455 g/mol. The van der Waals surface area contributed by atoms with Gasteiger partial charge in [0.1, 0.15) is 10.8 Å². The number of piperidine rings is 1. The van der Waals surface area contributed by atoms with E-state index in [4.69, 9.17) is 4.74 Å². The fourth-order valence-corrected chi connectivity index (χ4v) is 5.98. The molecule has 4 rings (SSSR count). The minimum Gasteiger partial charge on any atom is -0.494 e. The van der Waals surface area contributed by atoms with Crippen molar-refractivity contribution in [2.45, 2.75) is 52.4 Å². The molecule has 0 saturated carbocycles. The number of carbonyl (C=O) groups is 2. The number of rotatable bonds is 7. The first-order valence-corrected chi connectivity index (χ1v) is 12.6. The molecule has 0 radical (unpaired) electrons. The number of hydrogen-bond donors (Lipinski definition) is 2. The van der Waals surface area contributed by atoms with Gasteiger partial charge in [0.2, 0.25) is 5.91 Å². The van der Waals surface area contributed by atoms with Crippen LogP contribution in [0.15, 0.2) is 24.3 Å². The van der Waals surface area contributed by atoms with E-state index in [1.807, 2.05) is 31.2 Å². The summed E-state index contributed by atoms with van der Waals surface area (Å²) in [5.74, 6) is 1.18. The zero-order valence-corrected chi connectivity index (χ0v) is 19.9. The molecule has 2 amide bonds. The number of fused-ring (bicyclic) bond motifs is 1. The second kappa shape index (κ2) is 10.5. The average molecular weight is 456 g/mol. The largest absolute Gasteiger partial charge is 0.494 e. The molecule has 2 aliphatic rings. The highest BCUT2D eigenvalue weighted by Crippen LogP contribution is 2.40. The normalized spacial score (nSPS) is 18.6. The maximum Gasteiger partial charge on any atom is 0.258 e. The van der Waals surface area contributed by atoms with Gasteiger partial charge in [-0.1, -0.05) is 13.3 Å². The molecule has 1 aliphatic heterocycles. The van der Waals surface area contributed by atoms with Crippen LogP contribution in [0.3, 0.4) is 0 Å². The van der Waals surface area contributed by atoms with Gasteiger partial charge in [-0.2, -0.15) is 0 Å². The van der Waals surface area contributed by atoms with Gasteiger partial charge < -0.3 is 15.4 Å². The van der Waals surface area contributed by atoms with E-state index in [9.17, 15) is 9.59 Å². The number of carbonyl (C=O) groups excluding carboxylic acids is 2. The van der Waals surface area contributed by atoms with Crippen LogP contribution >= 0.6 is 11.3 Å². The number of likely N-dealkylation sites (tertiary alicyclic amines) is 1. The minimum absolute atomic E-state index is 0.0336. The van der Waals surface area contributed by atoms with Crippen molar-refractivity contribution in [1.29, 1.82) is 0 Å². The van der Waals surface area contributed by atoms with Gasteiger partial charge in [-0.15, -0.1) is 11.3 Å². The molecule has 0 bridgehead atoms. The Balaban J connectivity index is 1.52. The first-order chi connectivity index (χ1) is 15.5. The third-order valence-electron chi connectivity index (χ3n) is 6.23. The van der Waals surface area contributed by atoms with Crippen molar-refractivity contribution in [1.82, 2.24) is 4.90 Å². The van der Waals surface area contributed by atoms with Gasteiger partial charge in [0, 0.05) is 10.6 Å². The van der Waals surface area contributed by atoms with Crippen LogP contribution in [-0.2, 0) is 17.6 Å². The van der Waals surface area contributed by atoms with E-state index < -0.39 is 0 Å². The maximum absolute atomic E-state index is 13.3. The number of amides is 2. The van der Waals surface area contributed by atoms with E-state index in [1.165, 1.54) is 11.3 Å². The molecule has 1 aliphatic carbocycles. The van der Waals surface area contributed by atoms with Crippen LogP contribution in [0.25, 0.3) is 0 Å². The number of ether oxygens (including phenoxy) is 1. The molecule has 6 nitrogen and oxygen atoms in total. The molecule has 1 atom stereocenters. The van der Waals surface area contributed by atoms with Crippen LogP contribution in [0.4, 0.5) is 10.7 Å². The Bertz CT molecular complexity index is 948. The van der Waals surface area contributed by atoms with Crippen molar-refractivity contribution in [2.75, 3.05) is 36.9 Å². The molecule has 2 N–H and O–H groups in total. The third kappa shape index (κ3) is 5.51. The van der Waals surface area contributed by atoms with Gasteiger partial charge in [-0.3, -0.25) is 14.5 Å². The first-order valence-electron chi connectivity index (χ1n) is 11.7. The molecular formula is C25H33N3O3S. The zero-order chi connectivity index (χ0) is 22.5. The second-order valence-corrected chi connectivity index (χ2v) is 9.96. The van der Waals surface area contributed by atoms with Gasteiger partial charge in [0.05, 0.1) is 18.7 Å². The number of thiophene rings is 1. The van der Waals surface area contributed by atoms with Crippen LogP contribution in [0.1, 0.15) is 60.3 Å². The van der Waals surface area contributed by atoms with Gasteiger partial charge in [0.25, 0.3) is 5.91 Å². The highest BCUT2D eigenvalue weighted by Gasteiger charge is 2.29. The molecule has 7 heteroatoms. The Morgan fingerprint density at radius 1 is 1.12 bits per heavy atom. The lowest BCUT2D eigenvalue weighted by Gasteiger charge is -2.25. The number of hydrogen-bond acceptors (Lipinski definition) is 5. The van der Waals surface area contributed by atoms with Crippen LogP contribution in [-0.4, -0.2) is 43.0 Å². The summed E-state index contributed by atoms with van der Waals surface area (Å²) >= 11 is 1.57. The molecule has 0 unspecified atom stereocenters. The van der Waals surface area contributed by atoms with Crippen molar-refractivity contribution in [2.24, 2.45) is 5.92 Å². The predicted molar refractivity (Wildman–Crippen MR) is 130 cm³/mol. The number of nitrogens with zero attached hydrogens (tertiary/aromatic N) is 1. The van der Waals surface area contributed by atoms with Crippen molar-refractivity contribution in [3.05, 3.63) is 40.3 Å². The molecule has 2 heterocycles.